The minimum absolute atomic E-state index is 0.0506. The summed E-state index contributed by atoms with van der Waals surface area (Å²) in [6.45, 7) is 8.92. The van der Waals surface area contributed by atoms with Crippen molar-refractivity contribution in [2.24, 2.45) is 5.92 Å². The highest BCUT2D eigenvalue weighted by molar-refractivity contribution is 5.99. The highest BCUT2D eigenvalue weighted by Gasteiger charge is 2.35. The molecule has 28 heavy (non-hydrogen) atoms. The Morgan fingerprint density at radius 2 is 1.86 bits per heavy atom. The van der Waals surface area contributed by atoms with Crippen LogP contribution in [0.4, 0.5) is 5.69 Å². The van der Waals surface area contributed by atoms with Crippen molar-refractivity contribution in [1.29, 1.82) is 0 Å². The summed E-state index contributed by atoms with van der Waals surface area (Å²) < 4.78 is 0. The van der Waals surface area contributed by atoms with Gasteiger partial charge in [0, 0.05) is 35.0 Å². The first-order chi connectivity index (χ1) is 13.4. The minimum Gasteiger partial charge on any atom is -0.361 e. The molecule has 0 fully saturated rings. The molecule has 1 heterocycles. The Morgan fingerprint density at radius 3 is 2.57 bits per heavy atom. The van der Waals surface area contributed by atoms with Gasteiger partial charge in [-0.2, -0.15) is 0 Å². The summed E-state index contributed by atoms with van der Waals surface area (Å²) in [6.07, 6.45) is 0.657. The Labute approximate surface area is 167 Å². The molecule has 5 nitrogen and oxygen atoms in total. The maximum absolute atomic E-state index is 12.8. The number of nitrogens with one attached hydrogen (secondary N) is 2. The minimum atomic E-state index is -0.225. The predicted molar refractivity (Wildman–Crippen MR) is 112 cm³/mol. The fourth-order valence-corrected chi connectivity index (χ4v) is 3.36. The predicted octanol–water partition coefficient (Wildman–Crippen LogP) is 4.44. The first-order valence-corrected chi connectivity index (χ1v) is 9.99. The molecule has 0 radical (unpaired) electrons. The molecule has 0 aliphatic carbocycles. The molecule has 0 spiro atoms. The third-order valence-electron chi connectivity index (χ3n) is 5.31. The Balaban J connectivity index is 1.83. The molecule has 5 heteroatoms. The zero-order valence-electron chi connectivity index (χ0n) is 17.0. The zero-order valence-corrected chi connectivity index (χ0v) is 17.0. The molecule has 2 aromatic rings. The van der Waals surface area contributed by atoms with Gasteiger partial charge in [0.15, 0.2) is 0 Å². The van der Waals surface area contributed by atoms with E-state index >= 15 is 0 Å². The van der Waals surface area contributed by atoms with Crippen LogP contribution in [0.5, 0.6) is 0 Å². The molecule has 148 valence electrons. The highest BCUT2D eigenvalue weighted by Crippen LogP contribution is 2.34. The number of anilines is 1. The molecule has 1 aliphatic rings. The normalized spacial score (nSPS) is 16.8. The van der Waals surface area contributed by atoms with Gasteiger partial charge in [-0.15, -0.1) is 0 Å². The smallest absolute Gasteiger partial charge is 0.256 e. The highest BCUT2D eigenvalue weighted by atomic mass is 16.2. The van der Waals surface area contributed by atoms with Gasteiger partial charge in [-0.1, -0.05) is 45.0 Å². The summed E-state index contributed by atoms with van der Waals surface area (Å²) in [6, 6.07) is 15.3. The lowest BCUT2D eigenvalue weighted by atomic mass is 10.1. The Morgan fingerprint density at radius 1 is 1.11 bits per heavy atom. The van der Waals surface area contributed by atoms with Crippen LogP contribution < -0.4 is 10.6 Å². The SMILES string of the molecule is CCCN1C(=O)c2ccccc2[C@@H]1Nc1cccc(C(=O)N[C@@H](C)C(C)C)c1. The molecule has 1 aliphatic heterocycles. The summed E-state index contributed by atoms with van der Waals surface area (Å²) in [5, 5.41) is 6.50. The molecule has 0 saturated heterocycles. The lowest BCUT2D eigenvalue weighted by Gasteiger charge is -2.27. The van der Waals surface area contributed by atoms with Gasteiger partial charge >= 0.3 is 0 Å². The van der Waals surface area contributed by atoms with Crippen LogP contribution >= 0.6 is 0 Å². The third kappa shape index (κ3) is 4.03. The van der Waals surface area contributed by atoms with Crippen LogP contribution in [0.25, 0.3) is 0 Å². The van der Waals surface area contributed by atoms with Gasteiger partial charge in [-0.3, -0.25) is 9.59 Å². The average molecular weight is 380 g/mol. The van der Waals surface area contributed by atoms with Gasteiger partial charge < -0.3 is 15.5 Å². The van der Waals surface area contributed by atoms with Crippen molar-refractivity contribution in [3.63, 3.8) is 0 Å². The maximum Gasteiger partial charge on any atom is 0.256 e. The topological polar surface area (TPSA) is 61.4 Å². The molecular formula is C23H29N3O2. The summed E-state index contributed by atoms with van der Waals surface area (Å²) in [7, 11) is 0. The number of nitrogens with zero attached hydrogens (tertiary/aromatic N) is 1. The lowest BCUT2D eigenvalue weighted by Crippen LogP contribution is -2.36. The summed E-state index contributed by atoms with van der Waals surface area (Å²) in [5.74, 6) is 0.335. The monoisotopic (exact) mass is 379 g/mol. The average Bonchev–Trinajstić information content (AvgIpc) is 2.94. The fourth-order valence-electron chi connectivity index (χ4n) is 3.36. The van der Waals surface area contributed by atoms with E-state index in [1.165, 1.54) is 0 Å². The summed E-state index contributed by atoms with van der Waals surface area (Å²) in [5.41, 5.74) is 3.15. The third-order valence-corrected chi connectivity index (χ3v) is 5.31. The second kappa shape index (κ2) is 8.46. The van der Waals surface area contributed by atoms with E-state index < -0.39 is 0 Å². The Hall–Kier alpha value is -2.82. The molecular weight excluding hydrogens is 350 g/mol. The second-order valence-electron chi connectivity index (χ2n) is 7.72. The van der Waals surface area contributed by atoms with Crippen molar-refractivity contribution in [3.8, 4) is 0 Å². The largest absolute Gasteiger partial charge is 0.361 e. The standard InChI is InChI=1S/C23H29N3O2/c1-5-13-26-21(19-11-6-7-12-20(19)23(26)28)25-18-10-8-9-17(14-18)22(27)24-16(4)15(2)3/h6-12,14-16,21,25H,5,13H2,1-4H3,(H,24,27)/t16-,21+/m0/s1. The molecule has 3 rings (SSSR count). The van der Waals surface area contributed by atoms with Crippen LogP contribution in [0.3, 0.4) is 0 Å². The van der Waals surface area contributed by atoms with Gasteiger partial charge in [0.2, 0.25) is 0 Å². The van der Waals surface area contributed by atoms with E-state index in [1.807, 2.05) is 60.4 Å². The van der Waals surface area contributed by atoms with Crippen molar-refractivity contribution in [2.45, 2.75) is 46.3 Å². The Bertz CT molecular complexity index is 862. The molecule has 2 amide bonds. The van der Waals surface area contributed by atoms with E-state index in [9.17, 15) is 9.59 Å². The molecule has 0 unspecified atom stereocenters. The van der Waals surface area contributed by atoms with Crippen molar-refractivity contribution >= 4 is 17.5 Å². The number of amides is 2. The lowest BCUT2D eigenvalue weighted by molar-refractivity contribution is 0.0742. The number of rotatable bonds is 7. The van der Waals surface area contributed by atoms with E-state index in [0.717, 1.165) is 23.2 Å². The molecule has 0 saturated carbocycles. The van der Waals surface area contributed by atoms with Gasteiger partial charge in [0.05, 0.1) is 0 Å². The molecule has 0 aromatic heterocycles. The number of carbonyl (C=O) groups is 2. The number of fused-ring (bicyclic) bond motifs is 1. The van der Waals surface area contributed by atoms with E-state index in [-0.39, 0.29) is 24.0 Å². The van der Waals surface area contributed by atoms with Gasteiger partial charge in [-0.25, -0.2) is 0 Å². The van der Waals surface area contributed by atoms with Crippen molar-refractivity contribution < 1.29 is 9.59 Å². The van der Waals surface area contributed by atoms with Gasteiger partial charge in [-0.05, 0) is 43.5 Å². The Kier molecular flexibility index (Phi) is 6.02. The molecule has 2 atom stereocenters. The van der Waals surface area contributed by atoms with Crippen LogP contribution in [-0.2, 0) is 0 Å². The van der Waals surface area contributed by atoms with Gasteiger partial charge in [0.25, 0.3) is 11.8 Å². The molecule has 2 aromatic carbocycles. The number of hydrogen-bond donors (Lipinski definition) is 2. The van der Waals surface area contributed by atoms with Crippen LogP contribution in [0.1, 0.15) is 66.6 Å². The van der Waals surface area contributed by atoms with Crippen LogP contribution in [0.2, 0.25) is 0 Å². The van der Waals surface area contributed by atoms with Crippen molar-refractivity contribution in [3.05, 3.63) is 65.2 Å². The van der Waals surface area contributed by atoms with Crippen molar-refractivity contribution in [2.75, 3.05) is 11.9 Å². The van der Waals surface area contributed by atoms with Crippen molar-refractivity contribution in [1.82, 2.24) is 10.2 Å². The zero-order chi connectivity index (χ0) is 20.3. The van der Waals surface area contributed by atoms with E-state index in [1.54, 1.807) is 0 Å². The molecule has 0 bridgehead atoms. The number of benzene rings is 2. The van der Waals surface area contributed by atoms with E-state index in [2.05, 4.69) is 31.4 Å². The van der Waals surface area contributed by atoms with Gasteiger partial charge in [0.1, 0.15) is 6.17 Å². The quantitative estimate of drug-likeness (QED) is 0.748. The van der Waals surface area contributed by atoms with E-state index in [0.29, 0.717) is 18.0 Å². The molecule has 2 N–H and O–H groups in total. The van der Waals surface area contributed by atoms with Crippen LogP contribution in [0.15, 0.2) is 48.5 Å². The van der Waals surface area contributed by atoms with Crippen LogP contribution in [-0.4, -0.2) is 29.3 Å². The first kappa shape index (κ1) is 19.9. The first-order valence-electron chi connectivity index (χ1n) is 9.99. The summed E-state index contributed by atoms with van der Waals surface area (Å²) in [4.78, 5) is 27.2. The number of carbonyl (C=O) groups excluding carboxylic acids is 2. The fraction of sp³-hybridized carbons (Fsp3) is 0.391. The number of hydrogen-bond acceptors (Lipinski definition) is 3. The summed E-state index contributed by atoms with van der Waals surface area (Å²) >= 11 is 0. The second-order valence-corrected chi connectivity index (χ2v) is 7.72. The maximum atomic E-state index is 12.8. The van der Waals surface area contributed by atoms with Crippen LogP contribution in [0, 0.1) is 5.92 Å². The van der Waals surface area contributed by atoms with E-state index in [4.69, 9.17) is 0 Å².